The van der Waals surface area contributed by atoms with Crippen molar-refractivity contribution in [2.45, 2.75) is 63.9 Å². The Morgan fingerprint density at radius 3 is 2.82 bits per heavy atom. The Labute approximate surface area is 102 Å². The predicted molar refractivity (Wildman–Crippen MR) is 63.3 cm³/mol. The molecule has 0 heterocycles. The van der Waals surface area contributed by atoms with Crippen molar-refractivity contribution >= 4 is 0 Å². The molecule has 0 spiro atoms. The molecule has 2 atom stereocenters. The summed E-state index contributed by atoms with van der Waals surface area (Å²) in [4.78, 5) is 0. The molecule has 0 bridgehead atoms. The zero-order valence-electron chi connectivity index (χ0n) is 10.6. The summed E-state index contributed by atoms with van der Waals surface area (Å²) in [5, 5.41) is 9.75. The van der Waals surface area contributed by atoms with Crippen LogP contribution < -0.4 is 0 Å². The zero-order chi connectivity index (χ0) is 12.7. The molecule has 4 heteroatoms. The first-order valence-electron chi connectivity index (χ1n) is 6.67. The maximum absolute atomic E-state index is 13.2. The van der Waals surface area contributed by atoms with Crippen LogP contribution >= 0.6 is 0 Å². The Morgan fingerprint density at radius 1 is 1.41 bits per heavy atom. The number of alkyl halides is 2. The van der Waals surface area contributed by atoms with E-state index in [4.69, 9.17) is 4.74 Å². The Kier molecular flexibility index (Phi) is 6.34. The molecule has 1 fully saturated rings. The number of halogens is 2. The maximum atomic E-state index is 13.2. The van der Waals surface area contributed by atoms with Gasteiger partial charge in [0, 0.05) is 26.1 Å². The molecular formula is C13H24F2O2. The molecule has 1 rings (SSSR count). The van der Waals surface area contributed by atoms with Gasteiger partial charge < -0.3 is 9.84 Å². The smallest absolute Gasteiger partial charge is 0.248 e. The molecule has 1 saturated carbocycles. The summed E-state index contributed by atoms with van der Waals surface area (Å²) in [5.74, 6) is -2.54. The van der Waals surface area contributed by atoms with Gasteiger partial charge in [0.1, 0.15) is 0 Å². The Hall–Kier alpha value is -0.220. The van der Waals surface area contributed by atoms with Crippen molar-refractivity contribution in [2.75, 3.05) is 13.2 Å². The molecular weight excluding hydrogens is 226 g/mol. The topological polar surface area (TPSA) is 29.5 Å². The average molecular weight is 250 g/mol. The summed E-state index contributed by atoms with van der Waals surface area (Å²) in [6.07, 6.45) is 2.88. The van der Waals surface area contributed by atoms with Crippen LogP contribution in [0, 0.1) is 5.92 Å². The van der Waals surface area contributed by atoms with Crippen molar-refractivity contribution in [3.8, 4) is 0 Å². The minimum absolute atomic E-state index is 0.0131. The quantitative estimate of drug-likeness (QED) is 0.702. The molecule has 1 N–H and O–H groups in total. The molecule has 0 aromatic rings. The van der Waals surface area contributed by atoms with Crippen LogP contribution in [0.1, 0.15) is 51.9 Å². The highest BCUT2D eigenvalue weighted by Gasteiger charge is 2.36. The fourth-order valence-corrected chi connectivity index (χ4v) is 2.45. The van der Waals surface area contributed by atoms with Crippen LogP contribution in [0.5, 0.6) is 0 Å². The highest BCUT2D eigenvalue weighted by atomic mass is 19.3. The van der Waals surface area contributed by atoms with Crippen LogP contribution in [-0.2, 0) is 4.74 Å². The second-order valence-electron chi connectivity index (χ2n) is 5.11. The summed E-state index contributed by atoms with van der Waals surface area (Å²) in [6, 6.07) is 0. The van der Waals surface area contributed by atoms with Gasteiger partial charge >= 0.3 is 0 Å². The summed E-state index contributed by atoms with van der Waals surface area (Å²) < 4.78 is 31.6. The van der Waals surface area contributed by atoms with Crippen LogP contribution in [-0.4, -0.2) is 30.3 Å². The monoisotopic (exact) mass is 250 g/mol. The third kappa shape index (κ3) is 6.32. The van der Waals surface area contributed by atoms with Gasteiger partial charge in [0.25, 0.3) is 0 Å². The summed E-state index contributed by atoms with van der Waals surface area (Å²) >= 11 is 0. The number of ether oxygens (including phenoxy) is 1. The first-order valence-corrected chi connectivity index (χ1v) is 6.67. The Morgan fingerprint density at radius 2 is 2.18 bits per heavy atom. The molecule has 0 aromatic heterocycles. The van der Waals surface area contributed by atoms with Crippen molar-refractivity contribution < 1.29 is 18.6 Å². The van der Waals surface area contributed by atoms with Crippen molar-refractivity contribution in [1.29, 1.82) is 0 Å². The number of hydrogen-bond donors (Lipinski definition) is 1. The van der Waals surface area contributed by atoms with E-state index in [0.29, 0.717) is 32.5 Å². The average Bonchev–Trinajstić information content (AvgIpc) is 2.23. The minimum atomic E-state index is -2.51. The number of aliphatic hydroxyl groups excluding tert-OH is 1. The molecule has 0 aliphatic heterocycles. The third-order valence-electron chi connectivity index (χ3n) is 3.29. The predicted octanol–water partition coefficient (Wildman–Crippen LogP) is 3.38. The van der Waals surface area contributed by atoms with Crippen LogP contribution in [0.3, 0.4) is 0 Å². The van der Waals surface area contributed by atoms with E-state index in [1.807, 2.05) is 6.92 Å². The van der Waals surface area contributed by atoms with E-state index in [1.165, 1.54) is 0 Å². The molecule has 2 nitrogen and oxygen atoms in total. The van der Waals surface area contributed by atoms with Crippen LogP contribution in [0.15, 0.2) is 0 Å². The lowest BCUT2D eigenvalue weighted by Gasteiger charge is -2.30. The van der Waals surface area contributed by atoms with E-state index in [9.17, 15) is 13.9 Å². The van der Waals surface area contributed by atoms with E-state index in [0.717, 1.165) is 12.8 Å². The van der Waals surface area contributed by atoms with Crippen molar-refractivity contribution in [2.24, 2.45) is 5.92 Å². The van der Waals surface area contributed by atoms with Crippen LogP contribution in [0.2, 0.25) is 0 Å². The van der Waals surface area contributed by atoms with Gasteiger partial charge in [-0.2, -0.15) is 0 Å². The van der Waals surface area contributed by atoms with E-state index < -0.39 is 12.0 Å². The molecule has 0 radical (unpaired) electrons. The summed E-state index contributed by atoms with van der Waals surface area (Å²) in [7, 11) is 0. The van der Waals surface area contributed by atoms with Gasteiger partial charge in [-0.25, -0.2) is 8.78 Å². The minimum Gasteiger partial charge on any atom is -0.393 e. The van der Waals surface area contributed by atoms with Gasteiger partial charge in [0.15, 0.2) is 0 Å². The van der Waals surface area contributed by atoms with Crippen molar-refractivity contribution in [3.63, 3.8) is 0 Å². The highest BCUT2D eigenvalue weighted by Crippen LogP contribution is 2.38. The maximum Gasteiger partial charge on any atom is 0.248 e. The second-order valence-corrected chi connectivity index (χ2v) is 5.11. The summed E-state index contributed by atoms with van der Waals surface area (Å²) in [6.45, 7) is 3.26. The van der Waals surface area contributed by atoms with E-state index >= 15 is 0 Å². The van der Waals surface area contributed by atoms with Crippen molar-refractivity contribution in [3.05, 3.63) is 0 Å². The van der Waals surface area contributed by atoms with E-state index in [1.54, 1.807) is 0 Å². The van der Waals surface area contributed by atoms with Gasteiger partial charge in [-0.3, -0.25) is 0 Å². The standard InChI is InChI=1S/C13H24F2O2/c1-2-7-17-8-5-12(16)9-11-4-3-6-13(14,15)10-11/h11-12,16H,2-10H2,1H3. The first kappa shape index (κ1) is 14.8. The lowest BCUT2D eigenvalue weighted by Crippen LogP contribution is -2.28. The number of rotatable bonds is 7. The molecule has 102 valence electrons. The van der Waals surface area contributed by atoms with Gasteiger partial charge in [0.05, 0.1) is 6.10 Å². The van der Waals surface area contributed by atoms with E-state index in [2.05, 4.69) is 0 Å². The molecule has 0 saturated heterocycles. The largest absolute Gasteiger partial charge is 0.393 e. The normalized spacial score (nSPS) is 25.8. The first-order chi connectivity index (χ1) is 8.03. The molecule has 1 aliphatic rings. The molecule has 17 heavy (non-hydrogen) atoms. The van der Waals surface area contributed by atoms with Gasteiger partial charge in [-0.15, -0.1) is 0 Å². The second kappa shape index (κ2) is 7.27. The van der Waals surface area contributed by atoms with Crippen molar-refractivity contribution in [1.82, 2.24) is 0 Å². The number of hydrogen-bond acceptors (Lipinski definition) is 2. The van der Waals surface area contributed by atoms with Crippen LogP contribution in [0.4, 0.5) is 8.78 Å². The molecule has 0 amide bonds. The lowest BCUT2D eigenvalue weighted by atomic mass is 9.83. The number of aliphatic hydroxyl groups is 1. The van der Waals surface area contributed by atoms with Gasteiger partial charge in [-0.1, -0.05) is 6.92 Å². The zero-order valence-corrected chi connectivity index (χ0v) is 10.6. The SMILES string of the molecule is CCCOCCC(O)CC1CCCC(F)(F)C1. The van der Waals surface area contributed by atoms with E-state index in [-0.39, 0.29) is 18.8 Å². The lowest BCUT2D eigenvalue weighted by molar-refractivity contribution is -0.0600. The Bertz CT molecular complexity index is 210. The Balaban J connectivity index is 2.15. The molecule has 2 unspecified atom stereocenters. The fraction of sp³-hybridized carbons (Fsp3) is 1.00. The molecule has 1 aliphatic carbocycles. The van der Waals surface area contributed by atoms with Gasteiger partial charge in [-0.05, 0) is 38.0 Å². The fourth-order valence-electron chi connectivity index (χ4n) is 2.45. The van der Waals surface area contributed by atoms with Crippen LogP contribution in [0.25, 0.3) is 0 Å². The molecule has 0 aromatic carbocycles. The third-order valence-corrected chi connectivity index (χ3v) is 3.29. The van der Waals surface area contributed by atoms with Gasteiger partial charge in [0.2, 0.25) is 5.92 Å². The highest BCUT2D eigenvalue weighted by molar-refractivity contribution is 4.79. The summed E-state index contributed by atoms with van der Waals surface area (Å²) in [5.41, 5.74) is 0.